The zero-order valence-corrected chi connectivity index (χ0v) is 21.9. The quantitative estimate of drug-likeness (QED) is 0.482. The zero-order valence-electron chi connectivity index (χ0n) is 21.9. The van der Waals surface area contributed by atoms with Crippen LogP contribution in [0.15, 0.2) is 47.1 Å². The Labute approximate surface area is 222 Å². The molecule has 0 spiro atoms. The molecule has 1 fully saturated rings. The fourth-order valence-electron chi connectivity index (χ4n) is 5.31. The third kappa shape index (κ3) is 4.22. The van der Waals surface area contributed by atoms with Crippen molar-refractivity contribution >= 4 is 33.8 Å². The van der Waals surface area contributed by atoms with E-state index in [1.807, 2.05) is 44.2 Å². The summed E-state index contributed by atoms with van der Waals surface area (Å²) in [6.07, 6.45) is 5.08. The molecule has 0 unspecified atom stereocenters. The first-order valence-corrected chi connectivity index (χ1v) is 13.0. The molecule has 1 N–H and O–H groups in total. The Balaban J connectivity index is 0.00000308. The minimum atomic E-state index is -0.645. The first-order chi connectivity index (χ1) is 18.3. The van der Waals surface area contributed by atoms with E-state index in [0.717, 1.165) is 47.7 Å². The topological polar surface area (TPSA) is 98.6 Å². The minimum Gasteiger partial charge on any atom is -0.382 e. The number of morpholine rings is 1. The van der Waals surface area contributed by atoms with Crippen LogP contribution in [0.2, 0.25) is 0 Å². The van der Waals surface area contributed by atoms with Crippen LogP contribution in [0.25, 0.3) is 16.5 Å². The van der Waals surface area contributed by atoms with E-state index >= 15 is 0 Å². The number of aryl methyl sites for hydroxylation is 1. The van der Waals surface area contributed by atoms with Gasteiger partial charge in [0.05, 0.1) is 47.0 Å². The Morgan fingerprint density at radius 2 is 2.13 bits per heavy atom. The maximum absolute atomic E-state index is 13.7. The number of benzene rings is 1. The van der Waals surface area contributed by atoms with Gasteiger partial charge in [-0.2, -0.15) is 0 Å². The van der Waals surface area contributed by atoms with E-state index in [9.17, 15) is 9.59 Å². The summed E-state index contributed by atoms with van der Waals surface area (Å²) in [7, 11) is 1.68. The van der Waals surface area contributed by atoms with Gasteiger partial charge in [-0.25, -0.2) is 4.98 Å². The largest absolute Gasteiger partial charge is 0.382 e. The number of fused-ring (bicyclic) bond motifs is 2. The number of hydrogen-bond donors (Lipinski definition) is 1. The number of aromatic nitrogens is 3. The van der Waals surface area contributed by atoms with Crippen LogP contribution in [0.5, 0.6) is 0 Å². The molecule has 4 heterocycles. The van der Waals surface area contributed by atoms with Crippen LogP contribution in [-0.2, 0) is 32.6 Å². The normalized spacial score (nSPS) is 19.8. The SMILES string of the molecule is COC[C@H]1CN(c2ccc3c(=O)n(CCc4cnc5c(c4)NC(=O)C5(C)C)c(C4=C=CC4)nc3c2)CCO1.[HH]. The summed E-state index contributed by atoms with van der Waals surface area (Å²) >= 11 is 0. The van der Waals surface area contributed by atoms with Gasteiger partial charge in [-0.3, -0.25) is 19.1 Å². The molecule has 198 valence electrons. The van der Waals surface area contributed by atoms with Crippen molar-refractivity contribution in [1.29, 1.82) is 0 Å². The van der Waals surface area contributed by atoms with Crippen LogP contribution >= 0.6 is 0 Å². The van der Waals surface area contributed by atoms with Crippen LogP contribution in [0, 0.1) is 0 Å². The fraction of sp³-hybridized carbons (Fsp3) is 0.414. The molecule has 0 radical (unpaired) electrons. The van der Waals surface area contributed by atoms with Gasteiger partial charge in [0, 0.05) is 52.0 Å². The molecule has 1 aromatic carbocycles. The number of hydrogen-bond acceptors (Lipinski definition) is 7. The molecule has 2 aromatic heterocycles. The van der Waals surface area contributed by atoms with Crippen molar-refractivity contribution in [2.75, 3.05) is 43.6 Å². The molecule has 2 aliphatic heterocycles. The standard InChI is InChI=1S/C29H31N5O4.H2/c1-29(2)25-24(32-28(29)36)13-18(15-30-25)9-10-34-26(19-5-4-6-19)31-23-14-20(7-8-22(23)27(34)35)33-11-12-38-21(16-33)17-37-3;/h4,7-8,13-15,21H,5,9-12,16-17H2,1-3H3,(H,32,36);1H/t21-;/m1./s1. The predicted octanol–water partition coefficient (Wildman–Crippen LogP) is 3.30. The molecule has 6 rings (SSSR count). The minimum absolute atomic E-state index is 0. The second-order valence-electron chi connectivity index (χ2n) is 10.6. The van der Waals surface area contributed by atoms with E-state index in [2.05, 4.69) is 20.9 Å². The van der Waals surface area contributed by atoms with Gasteiger partial charge in [0.25, 0.3) is 5.56 Å². The lowest BCUT2D eigenvalue weighted by atomic mass is 9.90. The maximum atomic E-state index is 13.7. The van der Waals surface area contributed by atoms with Crippen molar-refractivity contribution in [2.24, 2.45) is 0 Å². The Morgan fingerprint density at radius 1 is 1.29 bits per heavy atom. The second-order valence-corrected chi connectivity index (χ2v) is 10.6. The number of rotatable bonds is 7. The van der Waals surface area contributed by atoms with Crippen molar-refractivity contribution in [3.63, 3.8) is 0 Å². The number of carbonyl (C=O) groups excluding carboxylic acids is 1. The highest BCUT2D eigenvalue weighted by Crippen LogP contribution is 2.36. The van der Waals surface area contributed by atoms with E-state index in [0.29, 0.717) is 42.9 Å². The van der Waals surface area contributed by atoms with E-state index in [1.54, 1.807) is 17.9 Å². The first-order valence-electron chi connectivity index (χ1n) is 13.0. The van der Waals surface area contributed by atoms with Gasteiger partial charge < -0.3 is 19.7 Å². The lowest BCUT2D eigenvalue weighted by Gasteiger charge is -2.34. The van der Waals surface area contributed by atoms with Crippen LogP contribution in [0.4, 0.5) is 11.4 Å². The number of allylic oxidation sites excluding steroid dienone is 1. The molecule has 0 saturated carbocycles. The number of methoxy groups -OCH3 is 1. The fourth-order valence-corrected chi connectivity index (χ4v) is 5.31. The summed E-state index contributed by atoms with van der Waals surface area (Å²) in [5.41, 5.74) is 7.57. The number of pyridine rings is 1. The highest BCUT2D eigenvalue weighted by Gasteiger charge is 2.39. The van der Waals surface area contributed by atoms with Gasteiger partial charge in [0.2, 0.25) is 5.91 Å². The molecular formula is C29H33N5O4. The molecule has 9 nitrogen and oxygen atoms in total. The molecule has 3 aliphatic rings. The molecule has 0 bridgehead atoms. The average molecular weight is 516 g/mol. The molecule has 1 saturated heterocycles. The third-order valence-electron chi connectivity index (χ3n) is 7.62. The van der Waals surface area contributed by atoms with Gasteiger partial charge in [-0.15, -0.1) is 5.73 Å². The number of ether oxygens (including phenoxy) is 2. The number of nitrogens with zero attached hydrogens (tertiary/aromatic N) is 4. The maximum Gasteiger partial charge on any atom is 0.261 e. The highest BCUT2D eigenvalue weighted by molar-refractivity contribution is 6.04. The molecule has 1 atom stereocenters. The van der Waals surface area contributed by atoms with Crippen LogP contribution in [0.3, 0.4) is 0 Å². The summed E-state index contributed by atoms with van der Waals surface area (Å²) in [4.78, 5) is 37.8. The molecule has 38 heavy (non-hydrogen) atoms. The second kappa shape index (κ2) is 9.51. The van der Waals surface area contributed by atoms with Gasteiger partial charge in [-0.1, -0.05) is 0 Å². The number of amides is 1. The lowest BCUT2D eigenvalue weighted by Crippen LogP contribution is -2.44. The third-order valence-corrected chi connectivity index (χ3v) is 7.62. The smallest absolute Gasteiger partial charge is 0.261 e. The summed E-state index contributed by atoms with van der Waals surface area (Å²) in [6, 6.07) is 7.82. The zero-order chi connectivity index (χ0) is 26.4. The molecule has 1 amide bonds. The molecule has 1 aliphatic carbocycles. The van der Waals surface area contributed by atoms with E-state index in [4.69, 9.17) is 14.5 Å². The van der Waals surface area contributed by atoms with E-state index < -0.39 is 5.41 Å². The molecule has 9 heteroatoms. The lowest BCUT2D eigenvalue weighted by molar-refractivity contribution is -0.119. The van der Waals surface area contributed by atoms with Crippen molar-refractivity contribution in [3.8, 4) is 0 Å². The van der Waals surface area contributed by atoms with Gasteiger partial charge in [0.1, 0.15) is 5.82 Å². The number of anilines is 2. The van der Waals surface area contributed by atoms with Crippen molar-refractivity contribution in [3.05, 3.63) is 69.7 Å². The van der Waals surface area contributed by atoms with Gasteiger partial charge in [0.15, 0.2) is 0 Å². The van der Waals surface area contributed by atoms with E-state index in [1.165, 1.54) is 0 Å². The van der Waals surface area contributed by atoms with Crippen molar-refractivity contribution in [1.82, 2.24) is 14.5 Å². The monoisotopic (exact) mass is 515 g/mol. The summed E-state index contributed by atoms with van der Waals surface area (Å²) in [6.45, 7) is 6.86. The van der Waals surface area contributed by atoms with Crippen molar-refractivity contribution < 1.29 is 15.7 Å². The highest BCUT2D eigenvalue weighted by atomic mass is 16.5. The Hall–Kier alpha value is -3.78. The predicted molar refractivity (Wildman–Crippen MR) is 148 cm³/mol. The van der Waals surface area contributed by atoms with Gasteiger partial charge in [-0.05, 0) is 56.2 Å². The number of carbonyl (C=O) groups is 1. The van der Waals surface area contributed by atoms with Gasteiger partial charge >= 0.3 is 0 Å². The van der Waals surface area contributed by atoms with Crippen LogP contribution < -0.4 is 15.8 Å². The van der Waals surface area contributed by atoms with Crippen molar-refractivity contribution in [2.45, 2.75) is 44.8 Å². The Kier molecular flexibility index (Phi) is 6.14. The van der Waals surface area contributed by atoms with Crippen LogP contribution in [-0.4, -0.2) is 60.0 Å². The Morgan fingerprint density at radius 3 is 2.89 bits per heavy atom. The molecular weight excluding hydrogens is 482 g/mol. The summed E-state index contributed by atoms with van der Waals surface area (Å²) < 4.78 is 12.8. The first kappa shape index (κ1) is 24.6. The summed E-state index contributed by atoms with van der Waals surface area (Å²) in [5, 5.41) is 3.52. The van der Waals surface area contributed by atoms with E-state index in [-0.39, 0.29) is 19.0 Å². The average Bonchev–Trinajstić information content (AvgIpc) is 3.10. The van der Waals surface area contributed by atoms with Crippen LogP contribution in [0.1, 0.15) is 38.8 Å². The Bertz CT molecular complexity index is 1570. The number of nitrogens with one attached hydrogen (secondary N) is 1. The molecule has 3 aromatic rings. The summed E-state index contributed by atoms with van der Waals surface area (Å²) in [5.74, 6) is 0.605.